The Balaban J connectivity index is 0.00000242. The lowest BCUT2D eigenvalue weighted by atomic mass is 9.99. The average Bonchev–Trinajstić information content (AvgIpc) is 2.99. The second-order valence-corrected chi connectivity index (χ2v) is 7.59. The van der Waals surface area contributed by atoms with Gasteiger partial charge in [0.25, 0.3) is 0 Å². The van der Waals surface area contributed by atoms with E-state index in [0.29, 0.717) is 17.4 Å². The van der Waals surface area contributed by atoms with Gasteiger partial charge < -0.3 is 4.90 Å². The first-order valence-corrected chi connectivity index (χ1v) is 9.33. The van der Waals surface area contributed by atoms with Gasteiger partial charge in [0.1, 0.15) is 0 Å². The molecule has 1 aromatic rings. The number of hydrogen-bond donors (Lipinski definition) is 1. The minimum Gasteiger partial charge on any atom is -0.302 e. The Morgan fingerprint density at radius 1 is 1.24 bits per heavy atom. The standard InChI is InChI=1S/C16H26N2O2S.H2/c1-3-14(2)15-6-8-16(9-7-15)21(19,20)17-10-13-18-11-4-5-12-18;/h6-9,14,17H,3-5,10-13H2,1-2H3;1H. The van der Waals surface area contributed by atoms with Crippen molar-refractivity contribution in [2.24, 2.45) is 0 Å². The number of nitrogens with one attached hydrogen (secondary N) is 1. The summed E-state index contributed by atoms with van der Waals surface area (Å²) in [6, 6.07) is 7.26. The molecule has 1 aliphatic rings. The summed E-state index contributed by atoms with van der Waals surface area (Å²) < 4.78 is 27.1. The van der Waals surface area contributed by atoms with Crippen LogP contribution in [0.4, 0.5) is 0 Å². The molecule has 0 saturated carbocycles. The van der Waals surface area contributed by atoms with Gasteiger partial charge in [0, 0.05) is 14.5 Å². The third-order valence-electron chi connectivity index (χ3n) is 4.29. The summed E-state index contributed by atoms with van der Waals surface area (Å²) in [7, 11) is -3.38. The molecule has 0 aliphatic carbocycles. The van der Waals surface area contributed by atoms with Crippen molar-refractivity contribution in [1.29, 1.82) is 0 Å². The summed E-state index contributed by atoms with van der Waals surface area (Å²) >= 11 is 0. The highest BCUT2D eigenvalue weighted by molar-refractivity contribution is 7.89. The van der Waals surface area contributed by atoms with E-state index in [9.17, 15) is 8.42 Å². The van der Waals surface area contributed by atoms with Gasteiger partial charge in [-0.1, -0.05) is 26.0 Å². The zero-order chi connectivity index (χ0) is 15.3. The lowest BCUT2D eigenvalue weighted by molar-refractivity contribution is 0.344. The summed E-state index contributed by atoms with van der Waals surface area (Å²) in [5, 5.41) is 0. The third kappa shape index (κ3) is 4.53. The van der Waals surface area contributed by atoms with Gasteiger partial charge in [-0.15, -0.1) is 0 Å². The number of benzene rings is 1. The van der Waals surface area contributed by atoms with E-state index < -0.39 is 10.0 Å². The van der Waals surface area contributed by atoms with Crippen LogP contribution in [0.1, 0.15) is 46.0 Å². The lowest BCUT2D eigenvalue weighted by Crippen LogP contribution is -2.33. The summed E-state index contributed by atoms with van der Waals surface area (Å²) in [5.41, 5.74) is 1.19. The second-order valence-electron chi connectivity index (χ2n) is 5.82. The molecule has 1 N–H and O–H groups in total. The predicted octanol–water partition coefficient (Wildman–Crippen LogP) is 2.82. The molecule has 1 fully saturated rings. The van der Waals surface area contributed by atoms with E-state index in [2.05, 4.69) is 23.5 Å². The SMILES string of the molecule is CCC(C)c1ccc(S(=O)(=O)NCCN2CCCC2)cc1.[HH]. The van der Waals surface area contributed by atoms with Crippen molar-refractivity contribution in [1.82, 2.24) is 9.62 Å². The number of nitrogens with zero attached hydrogens (tertiary/aromatic N) is 1. The molecule has 21 heavy (non-hydrogen) atoms. The van der Waals surface area contributed by atoms with Crippen LogP contribution < -0.4 is 4.72 Å². The van der Waals surface area contributed by atoms with Gasteiger partial charge in [-0.3, -0.25) is 0 Å². The van der Waals surface area contributed by atoms with E-state index in [1.165, 1.54) is 18.4 Å². The van der Waals surface area contributed by atoms with E-state index in [-0.39, 0.29) is 1.43 Å². The van der Waals surface area contributed by atoms with Crippen LogP contribution in [0.5, 0.6) is 0 Å². The first-order valence-electron chi connectivity index (χ1n) is 7.85. The Morgan fingerprint density at radius 2 is 1.86 bits per heavy atom. The van der Waals surface area contributed by atoms with Crippen molar-refractivity contribution in [3.05, 3.63) is 29.8 Å². The molecule has 1 aliphatic heterocycles. The molecule has 0 amide bonds. The van der Waals surface area contributed by atoms with Crippen molar-refractivity contribution in [2.45, 2.75) is 43.9 Å². The van der Waals surface area contributed by atoms with Crippen LogP contribution in [-0.4, -0.2) is 39.5 Å². The maximum Gasteiger partial charge on any atom is 0.240 e. The molecule has 0 bridgehead atoms. The topological polar surface area (TPSA) is 49.4 Å². The predicted molar refractivity (Wildman–Crippen MR) is 88.1 cm³/mol. The molecular weight excluding hydrogens is 284 g/mol. The first-order chi connectivity index (χ1) is 10.0. The Morgan fingerprint density at radius 3 is 2.43 bits per heavy atom. The van der Waals surface area contributed by atoms with Gasteiger partial charge in [0.05, 0.1) is 4.90 Å². The Bertz CT molecular complexity index is 540. The van der Waals surface area contributed by atoms with E-state index in [4.69, 9.17) is 0 Å². The average molecular weight is 312 g/mol. The number of likely N-dealkylation sites (tertiary alicyclic amines) is 1. The molecule has 120 valence electrons. The summed E-state index contributed by atoms with van der Waals surface area (Å²) in [4.78, 5) is 2.66. The van der Waals surface area contributed by atoms with E-state index >= 15 is 0 Å². The van der Waals surface area contributed by atoms with Crippen LogP contribution in [0.15, 0.2) is 29.2 Å². The first kappa shape index (κ1) is 16.5. The molecule has 1 saturated heterocycles. The van der Waals surface area contributed by atoms with E-state index in [1.54, 1.807) is 12.1 Å². The Kier molecular flexibility index (Phi) is 5.79. The fourth-order valence-corrected chi connectivity index (χ4v) is 3.66. The molecule has 2 rings (SSSR count). The summed E-state index contributed by atoms with van der Waals surface area (Å²) in [6.45, 7) is 7.74. The van der Waals surface area contributed by atoms with Crippen molar-refractivity contribution in [2.75, 3.05) is 26.2 Å². The van der Waals surface area contributed by atoms with Gasteiger partial charge in [0.15, 0.2) is 0 Å². The van der Waals surface area contributed by atoms with Gasteiger partial charge in [-0.2, -0.15) is 0 Å². The Labute approximate surface area is 130 Å². The molecule has 1 atom stereocenters. The molecule has 0 radical (unpaired) electrons. The van der Waals surface area contributed by atoms with Gasteiger partial charge in [0.2, 0.25) is 10.0 Å². The van der Waals surface area contributed by atoms with Crippen molar-refractivity contribution in [3.63, 3.8) is 0 Å². The van der Waals surface area contributed by atoms with Crippen LogP contribution in [0.2, 0.25) is 0 Å². The minimum atomic E-state index is -3.38. The molecule has 4 nitrogen and oxygen atoms in total. The molecule has 1 heterocycles. The second kappa shape index (κ2) is 7.38. The van der Waals surface area contributed by atoms with Crippen LogP contribution in [0.3, 0.4) is 0 Å². The quantitative estimate of drug-likeness (QED) is 0.842. The van der Waals surface area contributed by atoms with E-state index in [0.717, 1.165) is 26.1 Å². The summed E-state index contributed by atoms with van der Waals surface area (Å²) in [6.07, 6.45) is 3.51. The zero-order valence-corrected chi connectivity index (χ0v) is 13.8. The third-order valence-corrected chi connectivity index (χ3v) is 5.77. The fraction of sp³-hybridized carbons (Fsp3) is 0.625. The van der Waals surface area contributed by atoms with Crippen LogP contribution >= 0.6 is 0 Å². The number of hydrogen-bond acceptors (Lipinski definition) is 3. The highest BCUT2D eigenvalue weighted by Gasteiger charge is 2.16. The maximum atomic E-state index is 12.2. The van der Waals surface area contributed by atoms with E-state index in [1.807, 2.05) is 12.1 Å². The van der Waals surface area contributed by atoms with Gasteiger partial charge in [-0.25, -0.2) is 13.1 Å². The number of rotatable bonds is 7. The monoisotopic (exact) mass is 312 g/mol. The molecule has 1 aromatic carbocycles. The van der Waals surface area contributed by atoms with Crippen LogP contribution in [0, 0.1) is 0 Å². The smallest absolute Gasteiger partial charge is 0.240 e. The van der Waals surface area contributed by atoms with Gasteiger partial charge >= 0.3 is 0 Å². The van der Waals surface area contributed by atoms with Crippen LogP contribution in [-0.2, 0) is 10.0 Å². The highest BCUT2D eigenvalue weighted by Crippen LogP contribution is 2.20. The van der Waals surface area contributed by atoms with Crippen molar-refractivity contribution in [3.8, 4) is 0 Å². The summed E-state index contributed by atoms with van der Waals surface area (Å²) in [5.74, 6) is 0.463. The molecule has 1 unspecified atom stereocenters. The molecule has 0 aromatic heterocycles. The molecular formula is C16H28N2O2S. The maximum absolute atomic E-state index is 12.2. The zero-order valence-electron chi connectivity index (χ0n) is 13.0. The van der Waals surface area contributed by atoms with Crippen LogP contribution in [0.25, 0.3) is 0 Å². The molecule has 0 spiro atoms. The fourth-order valence-electron chi connectivity index (χ4n) is 2.64. The minimum absolute atomic E-state index is 0. The highest BCUT2D eigenvalue weighted by atomic mass is 32.2. The van der Waals surface area contributed by atoms with Crippen molar-refractivity contribution >= 4 is 10.0 Å². The molecule has 5 heteroatoms. The number of sulfonamides is 1. The Hall–Kier alpha value is -0.910. The van der Waals surface area contributed by atoms with Gasteiger partial charge in [-0.05, 0) is 56.0 Å². The lowest BCUT2D eigenvalue weighted by Gasteiger charge is -2.15. The largest absolute Gasteiger partial charge is 0.302 e. The normalized spacial score (nSPS) is 18.0. The van der Waals surface area contributed by atoms with Crippen molar-refractivity contribution < 1.29 is 9.84 Å².